The van der Waals surface area contributed by atoms with Gasteiger partial charge in [-0.05, 0) is 30.2 Å². The average Bonchev–Trinajstić information content (AvgIpc) is 2.53. The van der Waals surface area contributed by atoms with Crippen LogP contribution in [0, 0.1) is 0 Å². The Morgan fingerprint density at radius 1 is 1.10 bits per heavy atom. The smallest absolute Gasteiger partial charge is 0.248 e. The highest BCUT2D eigenvalue weighted by Crippen LogP contribution is 2.23. The summed E-state index contributed by atoms with van der Waals surface area (Å²) >= 11 is 0. The van der Waals surface area contributed by atoms with Gasteiger partial charge >= 0.3 is 0 Å². The summed E-state index contributed by atoms with van der Waals surface area (Å²) in [6, 6.07) is 17.2. The molecule has 0 saturated carbocycles. The van der Waals surface area contributed by atoms with E-state index in [4.69, 9.17) is 4.74 Å². The van der Waals surface area contributed by atoms with Crippen LogP contribution >= 0.6 is 0 Å². The fourth-order valence-corrected chi connectivity index (χ4v) is 1.82. The van der Waals surface area contributed by atoms with Gasteiger partial charge in [-0.15, -0.1) is 0 Å². The maximum Gasteiger partial charge on any atom is 0.248 e. The van der Waals surface area contributed by atoms with Crippen molar-refractivity contribution in [1.29, 1.82) is 0 Å². The van der Waals surface area contributed by atoms with Crippen LogP contribution in [0.4, 0.5) is 5.69 Å². The molecule has 0 spiro atoms. The molecule has 0 aliphatic heterocycles. The molecule has 3 heteroatoms. The summed E-state index contributed by atoms with van der Waals surface area (Å²) in [5.74, 6) is 0.521. The molecule has 108 valence electrons. The Balaban J connectivity index is 2.01. The molecule has 2 aromatic rings. The van der Waals surface area contributed by atoms with Crippen LogP contribution in [0.3, 0.4) is 0 Å². The van der Waals surface area contributed by atoms with Gasteiger partial charge in [0.05, 0.1) is 12.3 Å². The predicted molar refractivity (Wildman–Crippen MR) is 86.3 cm³/mol. The highest BCUT2D eigenvalue weighted by atomic mass is 16.5. The Morgan fingerprint density at radius 3 is 2.57 bits per heavy atom. The third-order valence-corrected chi connectivity index (χ3v) is 2.83. The number of para-hydroxylation sites is 2. The molecule has 21 heavy (non-hydrogen) atoms. The second-order valence-corrected chi connectivity index (χ2v) is 4.58. The molecule has 0 unspecified atom stereocenters. The van der Waals surface area contributed by atoms with Crippen molar-refractivity contribution < 1.29 is 9.53 Å². The molecule has 0 radical (unpaired) electrons. The average molecular weight is 281 g/mol. The number of benzene rings is 2. The van der Waals surface area contributed by atoms with Crippen molar-refractivity contribution in [3.05, 3.63) is 66.2 Å². The molecule has 3 nitrogen and oxygen atoms in total. The summed E-state index contributed by atoms with van der Waals surface area (Å²) in [6.07, 6.45) is 4.23. The van der Waals surface area contributed by atoms with Crippen LogP contribution in [0.15, 0.2) is 60.7 Å². The van der Waals surface area contributed by atoms with E-state index in [0.29, 0.717) is 18.0 Å². The molecule has 2 aromatic carbocycles. The van der Waals surface area contributed by atoms with Crippen LogP contribution in [-0.2, 0) is 4.79 Å². The van der Waals surface area contributed by atoms with Crippen molar-refractivity contribution in [3.63, 3.8) is 0 Å². The van der Waals surface area contributed by atoms with Gasteiger partial charge in [0.25, 0.3) is 0 Å². The van der Waals surface area contributed by atoms with Crippen LogP contribution in [0.5, 0.6) is 5.75 Å². The van der Waals surface area contributed by atoms with Gasteiger partial charge in [0.15, 0.2) is 0 Å². The van der Waals surface area contributed by atoms with Crippen LogP contribution in [0.2, 0.25) is 0 Å². The van der Waals surface area contributed by atoms with E-state index in [2.05, 4.69) is 5.32 Å². The lowest BCUT2D eigenvalue weighted by Gasteiger charge is -2.10. The SMILES string of the molecule is CCCOc1ccccc1NC(=O)/C=C/c1ccccc1. The van der Waals surface area contributed by atoms with E-state index in [1.165, 1.54) is 6.08 Å². The standard InChI is InChI=1S/C18H19NO2/c1-2-14-21-17-11-7-6-10-16(17)19-18(20)13-12-15-8-4-3-5-9-15/h3-13H,2,14H2,1H3,(H,19,20)/b13-12+. The summed E-state index contributed by atoms with van der Waals surface area (Å²) < 4.78 is 5.61. The van der Waals surface area contributed by atoms with Crippen molar-refractivity contribution in [2.24, 2.45) is 0 Å². The molecular weight excluding hydrogens is 262 g/mol. The Kier molecular flexibility index (Phi) is 5.59. The molecule has 0 atom stereocenters. The van der Waals surface area contributed by atoms with E-state index in [0.717, 1.165) is 12.0 Å². The van der Waals surface area contributed by atoms with Gasteiger partial charge in [-0.25, -0.2) is 0 Å². The number of carbonyl (C=O) groups excluding carboxylic acids is 1. The summed E-state index contributed by atoms with van der Waals surface area (Å²) in [5, 5.41) is 2.84. The number of anilines is 1. The van der Waals surface area contributed by atoms with E-state index in [-0.39, 0.29) is 5.91 Å². The zero-order valence-corrected chi connectivity index (χ0v) is 12.1. The quantitative estimate of drug-likeness (QED) is 0.809. The minimum Gasteiger partial charge on any atom is -0.491 e. The fourth-order valence-electron chi connectivity index (χ4n) is 1.82. The van der Waals surface area contributed by atoms with Gasteiger partial charge in [-0.1, -0.05) is 49.4 Å². The topological polar surface area (TPSA) is 38.3 Å². The zero-order valence-electron chi connectivity index (χ0n) is 12.1. The molecule has 1 N–H and O–H groups in total. The van der Waals surface area contributed by atoms with Gasteiger partial charge < -0.3 is 10.1 Å². The summed E-state index contributed by atoms with van der Waals surface area (Å²) in [6.45, 7) is 2.68. The first-order valence-electron chi connectivity index (χ1n) is 7.05. The first-order valence-corrected chi connectivity index (χ1v) is 7.05. The second-order valence-electron chi connectivity index (χ2n) is 4.58. The molecular formula is C18H19NO2. The first-order chi connectivity index (χ1) is 10.3. The van der Waals surface area contributed by atoms with E-state index in [9.17, 15) is 4.79 Å². The summed E-state index contributed by atoms with van der Waals surface area (Å²) in [7, 11) is 0. The molecule has 1 amide bonds. The number of hydrogen-bond acceptors (Lipinski definition) is 2. The van der Waals surface area contributed by atoms with Crippen molar-refractivity contribution in [2.45, 2.75) is 13.3 Å². The Labute approximate surface area is 125 Å². The van der Waals surface area contributed by atoms with E-state index >= 15 is 0 Å². The molecule has 0 heterocycles. The second kappa shape index (κ2) is 7.90. The van der Waals surface area contributed by atoms with E-state index < -0.39 is 0 Å². The van der Waals surface area contributed by atoms with Crippen LogP contribution in [0.25, 0.3) is 6.08 Å². The normalized spacial score (nSPS) is 10.5. The van der Waals surface area contributed by atoms with Crippen LogP contribution < -0.4 is 10.1 Å². The Morgan fingerprint density at radius 2 is 1.81 bits per heavy atom. The van der Waals surface area contributed by atoms with E-state index in [1.54, 1.807) is 6.08 Å². The summed E-state index contributed by atoms with van der Waals surface area (Å²) in [4.78, 5) is 12.0. The molecule has 0 aliphatic carbocycles. The maximum absolute atomic E-state index is 12.0. The number of hydrogen-bond donors (Lipinski definition) is 1. The van der Waals surface area contributed by atoms with Gasteiger partial charge in [0, 0.05) is 6.08 Å². The largest absolute Gasteiger partial charge is 0.491 e. The van der Waals surface area contributed by atoms with Gasteiger partial charge in [-0.3, -0.25) is 4.79 Å². The zero-order chi connectivity index (χ0) is 14.9. The summed E-state index contributed by atoms with van der Waals surface area (Å²) in [5.41, 5.74) is 1.68. The lowest BCUT2D eigenvalue weighted by atomic mass is 10.2. The molecule has 0 bridgehead atoms. The number of rotatable bonds is 6. The lowest BCUT2D eigenvalue weighted by molar-refractivity contribution is -0.111. The van der Waals surface area contributed by atoms with Crippen molar-refractivity contribution in [3.8, 4) is 5.75 Å². The highest BCUT2D eigenvalue weighted by Gasteiger charge is 2.04. The monoisotopic (exact) mass is 281 g/mol. The minimum absolute atomic E-state index is 0.175. The fraction of sp³-hybridized carbons (Fsp3) is 0.167. The van der Waals surface area contributed by atoms with Gasteiger partial charge in [-0.2, -0.15) is 0 Å². The molecule has 2 rings (SSSR count). The highest BCUT2D eigenvalue weighted by molar-refractivity contribution is 6.02. The predicted octanol–water partition coefficient (Wildman–Crippen LogP) is 4.13. The van der Waals surface area contributed by atoms with Crippen LogP contribution in [0.1, 0.15) is 18.9 Å². The van der Waals surface area contributed by atoms with Crippen LogP contribution in [-0.4, -0.2) is 12.5 Å². The first kappa shape index (κ1) is 14.9. The minimum atomic E-state index is -0.175. The Bertz CT molecular complexity index is 606. The Hall–Kier alpha value is -2.55. The lowest BCUT2D eigenvalue weighted by Crippen LogP contribution is -2.09. The molecule has 0 aliphatic rings. The maximum atomic E-state index is 12.0. The van der Waals surface area contributed by atoms with Crippen molar-refractivity contribution in [1.82, 2.24) is 0 Å². The van der Waals surface area contributed by atoms with Crippen molar-refractivity contribution in [2.75, 3.05) is 11.9 Å². The molecule has 0 saturated heterocycles. The number of ether oxygens (including phenoxy) is 1. The number of amides is 1. The van der Waals surface area contributed by atoms with Crippen molar-refractivity contribution >= 4 is 17.7 Å². The number of carbonyl (C=O) groups is 1. The van der Waals surface area contributed by atoms with Gasteiger partial charge in [0.2, 0.25) is 5.91 Å². The molecule has 0 fully saturated rings. The molecule has 0 aromatic heterocycles. The van der Waals surface area contributed by atoms with E-state index in [1.807, 2.05) is 61.5 Å². The number of nitrogens with one attached hydrogen (secondary N) is 1. The third kappa shape index (κ3) is 4.80. The third-order valence-electron chi connectivity index (χ3n) is 2.83. The van der Waals surface area contributed by atoms with Gasteiger partial charge in [0.1, 0.15) is 5.75 Å².